The Labute approximate surface area is 114 Å². The van der Waals surface area contributed by atoms with Crippen LogP contribution in [0, 0.1) is 10.1 Å². The molecule has 2 unspecified atom stereocenters. The molecule has 0 aromatic heterocycles. The number of ether oxygens (including phenoxy) is 1. The van der Waals surface area contributed by atoms with Crippen molar-refractivity contribution in [2.45, 2.75) is 19.4 Å². The SMILES string of the molecule is COc1ccc([N+](=O)[O-])c(NC(C)CCS(C)=O)c1. The van der Waals surface area contributed by atoms with Crippen molar-refractivity contribution in [3.8, 4) is 5.75 Å². The lowest BCUT2D eigenvalue weighted by atomic mass is 10.2. The highest BCUT2D eigenvalue weighted by Gasteiger charge is 2.16. The van der Waals surface area contributed by atoms with Gasteiger partial charge in [0.2, 0.25) is 0 Å². The van der Waals surface area contributed by atoms with Crippen molar-refractivity contribution in [2.24, 2.45) is 0 Å². The lowest BCUT2D eigenvalue weighted by Gasteiger charge is -2.15. The second-order valence-corrected chi connectivity index (χ2v) is 5.81. The van der Waals surface area contributed by atoms with Gasteiger partial charge in [0.25, 0.3) is 5.69 Å². The molecule has 1 aromatic rings. The van der Waals surface area contributed by atoms with Crippen molar-refractivity contribution in [1.82, 2.24) is 0 Å². The van der Waals surface area contributed by atoms with Crippen molar-refractivity contribution in [2.75, 3.05) is 24.4 Å². The van der Waals surface area contributed by atoms with Gasteiger partial charge < -0.3 is 10.1 Å². The van der Waals surface area contributed by atoms with E-state index in [-0.39, 0.29) is 11.7 Å². The standard InChI is InChI=1S/C12H18N2O4S/c1-9(6-7-19(3)17)13-11-8-10(18-2)4-5-12(11)14(15)16/h4-5,8-9,13H,6-7H2,1-3H3. The topological polar surface area (TPSA) is 81.5 Å². The van der Waals surface area contributed by atoms with Gasteiger partial charge in [-0.2, -0.15) is 0 Å². The fourth-order valence-electron chi connectivity index (χ4n) is 1.60. The second kappa shape index (κ2) is 7.08. The molecule has 106 valence electrons. The number of hydrogen-bond donors (Lipinski definition) is 1. The third-order valence-corrected chi connectivity index (χ3v) is 3.45. The summed E-state index contributed by atoms with van der Waals surface area (Å²) in [6, 6.07) is 4.55. The molecular weight excluding hydrogens is 268 g/mol. The third-order valence-electron chi connectivity index (χ3n) is 2.64. The zero-order chi connectivity index (χ0) is 14.4. The molecule has 0 aliphatic carbocycles. The number of benzene rings is 1. The van der Waals surface area contributed by atoms with Crippen LogP contribution < -0.4 is 10.1 Å². The normalized spacial score (nSPS) is 13.6. The molecule has 7 heteroatoms. The van der Waals surface area contributed by atoms with E-state index < -0.39 is 15.7 Å². The predicted molar refractivity (Wildman–Crippen MR) is 76.3 cm³/mol. The summed E-state index contributed by atoms with van der Waals surface area (Å²) in [4.78, 5) is 10.5. The largest absolute Gasteiger partial charge is 0.497 e. The molecule has 0 aliphatic heterocycles. The van der Waals surface area contributed by atoms with E-state index in [1.54, 1.807) is 18.4 Å². The van der Waals surface area contributed by atoms with E-state index in [1.165, 1.54) is 13.2 Å². The van der Waals surface area contributed by atoms with Crippen LogP contribution in [-0.4, -0.2) is 34.3 Å². The third kappa shape index (κ3) is 4.86. The summed E-state index contributed by atoms with van der Waals surface area (Å²) in [6.07, 6.45) is 2.32. The molecule has 6 nitrogen and oxygen atoms in total. The number of anilines is 1. The number of nitrogens with one attached hydrogen (secondary N) is 1. The number of nitro benzene ring substituents is 1. The van der Waals surface area contributed by atoms with Crippen molar-refractivity contribution in [3.63, 3.8) is 0 Å². The maximum absolute atomic E-state index is 11.0. The van der Waals surface area contributed by atoms with Crippen LogP contribution in [0.25, 0.3) is 0 Å². The zero-order valence-corrected chi connectivity index (χ0v) is 12.0. The summed E-state index contributed by atoms with van der Waals surface area (Å²) >= 11 is 0. The van der Waals surface area contributed by atoms with E-state index in [4.69, 9.17) is 4.74 Å². The van der Waals surface area contributed by atoms with E-state index in [1.807, 2.05) is 6.92 Å². The van der Waals surface area contributed by atoms with Gasteiger partial charge in [-0.15, -0.1) is 0 Å². The fraction of sp³-hybridized carbons (Fsp3) is 0.500. The number of nitro groups is 1. The average Bonchev–Trinajstić information content (AvgIpc) is 2.35. The lowest BCUT2D eigenvalue weighted by molar-refractivity contribution is -0.384. The minimum Gasteiger partial charge on any atom is -0.497 e. The monoisotopic (exact) mass is 286 g/mol. The van der Waals surface area contributed by atoms with E-state index in [9.17, 15) is 14.3 Å². The van der Waals surface area contributed by atoms with Crippen LogP contribution in [0.15, 0.2) is 18.2 Å². The summed E-state index contributed by atoms with van der Waals surface area (Å²) in [5.74, 6) is 1.12. The molecule has 2 atom stereocenters. The Hall–Kier alpha value is -1.63. The number of rotatable bonds is 7. The maximum atomic E-state index is 11.0. The van der Waals surface area contributed by atoms with Gasteiger partial charge in [-0.3, -0.25) is 14.3 Å². The van der Waals surface area contributed by atoms with E-state index in [2.05, 4.69) is 5.32 Å². The fourth-order valence-corrected chi connectivity index (χ4v) is 2.28. The molecular formula is C12H18N2O4S. The van der Waals surface area contributed by atoms with Crippen molar-refractivity contribution >= 4 is 22.2 Å². The Kier molecular flexibility index (Phi) is 5.75. The van der Waals surface area contributed by atoms with Gasteiger partial charge >= 0.3 is 0 Å². The smallest absolute Gasteiger partial charge is 0.292 e. The Morgan fingerprint density at radius 3 is 2.74 bits per heavy atom. The van der Waals surface area contributed by atoms with Crippen LogP contribution >= 0.6 is 0 Å². The number of hydrogen-bond acceptors (Lipinski definition) is 5. The highest BCUT2D eigenvalue weighted by Crippen LogP contribution is 2.29. The van der Waals surface area contributed by atoms with Gasteiger partial charge in [-0.05, 0) is 19.4 Å². The van der Waals surface area contributed by atoms with E-state index >= 15 is 0 Å². The van der Waals surface area contributed by atoms with Gasteiger partial charge in [-0.1, -0.05) is 0 Å². The molecule has 0 saturated carbocycles. The number of nitrogens with zero attached hydrogens (tertiary/aromatic N) is 1. The van der Waals surface area contributed by atoms with Crippen LogP contribution in [0.4, 0.5) is 11.4 Å². The Morgan fingerprint density at radius 2 is 2.21 bits per heavy atom. The molecule has 1 N–H and O–H groups in total. The molecule has 0 heterocycles. The average molecular weight is 286 g/mol. The molecule has 1 rings (SSSR count). The minimum atomic E-state index is -0.863. The first kappa shape index (κ1) is 15.4. The highest BCUT2D eigenvalue weighted by atomic mass is 32.2. The summed E-state index contributed by atoms with van der Waals surface area (Å²) in [7, 11) is 0.646. The first-order valence-electron chi connectivity index (χ1n) is 5.83. The second-order valence-electron chi connectivity index (χ2n) is 4.25. The van der Waals surface area contributed by atoms with Gasteiger partial charge in [0.1, 0.15) is 11.4 Å². The summed E-state index contributed by atoms with van der Waals surface area (Å²) in [5.41, 5.74) is 0.420. The van der Waals surface area contributed by atoms with Crippen molar-refractivity contribution < 1.29 is 13.9 Å². The van der Waals surface area contributed by atoms with Gasteiger partial charge in [0.05, 0.1) is 12.0 Å². The van der Waals surface area contributed by atoms with Crippen LogP contribution in [0.2, 0.25) is 0 Å². The predicted octanol–water partition coefficient (Wildman–Crippen LogP) is 2.17. The van der Waals surface area contributed by atoms with Gasteiger partial charge in [-0.25, -0.2) is 0 Å². The van der Waals surface area contributed by atoms with Crippen LogP contribution in [0.5, 0.6) is 5.75 Å². The lowest BCUT2D eigenvalue weighted by Crippen LogP contribution is -2.18. The van der Waals surface area contributed by atoms with E-state index in [0.717, 1.165) is 0 Å². The highest BCUT2D eigenvalue weighted by molar-refractivity contribution is 7.84. The molecule has 0 aliphatic rings. The van der Waals surface area contributed by atoms with E-state index in [0.29, 0.717) is 23.6 Å². The Bertz CT molecular complexity index is 479. The van der Waals surface area contributed by atoms with Gasteiger partial charge in [0, 0.05) is 41.0 Å². The number of methoxy groups -OCH3 is 1. The van der Waals surface area contributed by atoms with Crippen molar-refractivity contribution in [3.05, 3.63) is 28.3 Å². The van der Waals surface area contributed by atoms with Gasteiger partial charge in [0.15, 0.2) is 0 Å². The van der Waals surface area contributed by atoms with Crippen LogP contribution in [0.3, 0.4) is 0 Å². The summed E-state index contributed by atoms with van der Waals surface area (Å²) in [5, 5.41) is 14.0. The van der Waals surface area contributed by atoms with Crippen LogP contribution in [-0.2, 0) is 10.8 Å². The Balaban J connectivity index is 2.84. The molecule has 19 heavy (non-hydrogen) atoms. The first-order chi connectivity index (χ1) is 8.93. The molecule has 0 fully saturated rings. The molecule has 1 aromatic carbocycles. The molecule has 0 radical (unpaired) electrons. The molecule has 0 spiro atoms. The van der Waals surface area contributed by atoms with Crippen LogP contribution in [0.1, 0.15) is 13.3 Å². The summed E-state index contributed by atoms with van der Waals surface area (Å²) in [6.45, 7) is 1.90. The maximum Gasteiger partial charge on any atom is 0.292 e. The zero-order valence-electron chi connectivity index (χ0n) is 11.2. The molecule has 0 bridgehead atoms. The molecule has 0 saturated heterocycles. The Morgan fingerprint density at radius 1 is 1.53 bits per heavy atom. The minimum absolute atomic E-state index is 0.00488. The van der Waals surface area contributed by atoms with Crippen molar-refractivity contribution in [1.29, 1.82) is 0 Å². The molecule has 0 amide bonds. The summed E-state index contributed by atoms with van der Waals surface area (Å²) < 4.78 is 16.1. The first-order valence-corrected chi connectivity index (χ1v) is 7.55. The quantitative estimate of drug-likeness (QED) is 0.613.